The predicted octanol–water partition coefficient (Wildman–Crippen LogP) is 2.25. The summed E-state index contributed by atoms with van der Waals surface area (Å²) in [6.45, 7) is 1.89. The zero-order chi connectivity index (χ0) is 13.5. The molecule has 0 amide bonds. The standard InChI is InChI=1S/C14H13N4Se/c1-11(13-9-5-6-10-15-13)17-18-14(19)16-12-7-3-2-4-8-12/h2-10H,1H3,(H,16,18)/b17-11-. The molecule has 1 N–H and O–H groups in total. The van der Waals surface area contributed by atoms with Gasteiger partial charge >= 0.3 is 120 Å². The number of benzene rings is 1. The van der Waals surface area contributed by atoms with Crippen molar-refractivity contribution in [2.24, 2.45) is 10.1 Å². The van der Waals surface area contributed by atoms with Gasteiger partial charge in [-0.3, -0.25) is 0 Å². The molecule has 0 saturated carbocycles. The van der Waals surface area contributed by atoms with Gasteiger partial charge in [-0.25, -0.2) is 0 Å². The summed E-state index contributed by atoms with van der Waals surface area (Å²) in [5.41, 5.74) is 5.38. The molecule has 0 fully saturated rings. The first-order valence-electron chi connectivity index (χ1n) is 5.78. The third-order valence-electron chi connectivity index (χ3n) is 2.34. The van der Waals surface area contributed by atoms with E-state index in [1.54, 1.807) is 6.20 Å². The first-order chi connectivity index (χ1) is 9.25. The van der Waals surface area contributed by atoms with Crippen LogP contribution in [-0.4, -0.2) is 31.4 Å². The van der Waals surface area contributed by atoms with Gasteiger partial charge < -0.3 is 0 Å². The molecule has 0 aliphatic rings. The molecule has 0 saturated heterocycles. The van der Waals surface area contributed by atoms with Crippen LogP contribution in [0.3, 0.4) is 0 Å². The Morgan fingerprint density at radius 3 is 2.53 bits per heavy atom. The van der Waals surface area contributed by atoms with Gasteiger partial charge in [0.15, 0.2) is 0 Å². The number of rotatable bonds is 3. The molecule has 0 aliphatic heterocycles. The molecular formula is C14H13N4Se. The quantitative estimate of drug-likeness (QED) is 0.409. The Morgan fingerprint density at radius 1 is 1.11 bits per heavy atom. The summed E-state index contributed by atoms with van der Waals surface area (Å²) in [5, 5.41) is 4.23. The Balaban J connectivity index is 2.04. The van der Waals surface area contributed by atoms with Crippen molar-refractivity contribution in [2.45, 2.75) is 6.92 Å². The number of pyridine rings is 1. The zero-order valence-electron chi connectivity index (χ0n) is 10.4. The predicted molar refractivity (Wildman–Crippen MR) is 78.9 cm³/mol. The number of aromatic nitrogens is 1. The SMILES string of the molecule is C/C(=N/NC([Se])=Nc1ccccc1)c1ccccn1. The number of para-hydroxylation sites is 1. The molecule has 5 heteroatoms. The fourth-order valence-electron chi connectivity index (χ4n) is 1.41. The maximum atomic E-state index is 4.35. The number of hydrazone groups is 1. The van der Waals surface area contributed by atoms with E-state index in [1.807, 2.05) is 55.5 Å². The maximum absolute atomic E-state index is 4.35. The molecule has 1 radical (unpaired) electrons. The second-order valence-corrected chi connectivity index (χ2v) is 4.59. The monoisotopic (exact) mass is 317 g/mol. The normalized spacial score (nSPS) is 12.3. The van der Waals surface area contributed by atoms with Crippen LogP contribution in [0, 0.1) is 0 Å². The zero-order valence-corrected chi connectivity index (χ0v) is 12.2. The summed E-state index contributed by atoms with van der Waals surface area (Å²) >= 11 is 2.84. The van der Waals surface area contributed by atoms with Crippen molar-refractivity contribution in [3.05, 3.63) is 60.4 Å². The van der Waals surface area contributed by atoms with Crippen LogP contribution in [0.15, 0.2) is 64.8 Å². The van der Waals surface area contributed by atoms with E-state index in [4.69, 9.17) is 0 Å². The van der Waals surface area contributed by atoms with Gasteiger partial charge in [0.2, 0.25) is 0 Å². The average Bonchev–Trinajstić information content (AvgIpc) is 2.47. The fourth-order valence-corrected chi connectivity index (χ4v) is 1.73. The number of hydrogen-bond donors (Lipinski definition) is 1. The molecule has 2 rings (SSSR count). The van der Waals surface area contributed by atoms with Gasteiger partial charge in [0.1, 0.15) is 0 Å². The van der Waals surface area contributed by atoms with Gasteiger partial charge in [0.05, 0.1) is 0 Å². The number of nitrogens with zero attached hydrogens (tertiary/aromatic N) is 3. The van der Waals surface area contributed by atoms with Crippen molar-refractivity contribution < 1.29 is 0 Å². The Morgan fingerprint density at radius 2 is 1.84 bits per heavy atom. The van der Waals surface area contributed by atoms with Crippen LogP contribution >= 0.6 is 0 Å². The molecule has 2 aromatic rings. The van der Waals surface area contributed by atoms with Crippen LogP contribution in [0.25, 0.3) is 0 Å². The van der Waals surface area contributed by atoms with E-state index in [-0.39, 0.29) is 0 Å². The van der Waals surface area contributed by atoms with Crippen molar-refractivity contribution in [1.29, 1.82) is 0 Å². The van der Waals surface area contributed by atoms with Gasteiger partial charge in [-0.05, 0) is 0 Å². The van der Waals surface area contributed by atoms with Crippen LogP contribution in [0.5, 0.6) is 0 Å². The molecule has 1 aromatic carbocycles. The molecule has 19 heavy (non-hydrogen) atoms. The summed E-state index contributed by atoms with van der Waals surface area (Å²) < 4.78 is 0.612. The van der Waals surface area contributed by atoms with Crippen LogP contribution < -0.4 is 5.43 Å². The molecular weight excluding hydrogens is 303 g/mol. The molecule has 1 heterocycles. The molecule has 0 bridgehead atoms. The molecule has 0 spiro atoms. The number of nitrogens with one attached hydrogen (secondary N) is 1. The summed E-state index contributed by atoms with van der Waals surface area (Å²) in [5.74, 6) is 0. The first-order valence-corrected chi connectivity index (χ1v) is 6.64. The van der Waals surface area contributed by atoms with Crippen LogP contribution in [0.4, 0.5) is 5.69 Å². The Bertz CT molecular complexity index is 579. The minimum absolute atomic E-state index is 0.612. The van der Waals surface area contributed by atoms with E-state index in [0.717, 1.165) is 17.1 Å². The molecule has 95 valence electrons. The van der Waals surface area contributed by atoms with Crippen molar-refractivity contribution in [3.8, 4) is 0 Å². The summed E-state index contributed by atoms with van der Waals surface area (Å²) in [7, 11) is 0. The second-order valence-electron chi connectivity index (χ2n) is 3.78. The fraction of sp³-hybridized carbons (Fsp3) is 0.0714. The van der Waals surface area contributed by atoms with Crippen molar-refractivity contribution >= 4 is 32.1 Å². The Kier molecular flexibility index (Phi) is 4.84. The average molecular weight is 316 g/mol. The van der Waals surface area contributed by atoms with E-state index in [1.165, 1.54) is 0 Å². The molecule has 4 nitrogen and oxygen atoms in total. The number of amidine groups is 1. The summed E-state index contributed by atoms with van der Waals surface area (Å²) in [6.07, 6.45) is 1.74. The van der Waals surface area contributed by atoms with E-state index < -0.39 is 0 Å². The van der Waals surface area contributed by atoms with E-state index in [0.29, 0.717) is 4.73 Å². The third-order valence-corrected chi connectivity index (χ3v) is 2.72. The van der Waals surface area contributed by atoms with Crippen molar-refractivity contribution in [1.82, 2.24) is 10.4 Å². The van der Waals surface area contributed by atoms with Crippen LogP contribution in [-0.2, 0) is 0 Å². The minimum atomic E-state index is 0.612. The molecule has 0 atom stereocenters. The summed E-state index contributed by atoms with van der Waals surface area (Å²) in [4.78, 5) is 8.57. The van der Waals surface area contributed by atoms with Gasteiger partial charge in [-0.15, -0.1) is 0 Å². The topological polar surface area (TPSA) is 49.6 Å². The van der Waals surface area contributed by atoms with Gasteiger partial charge in [0.25, 0.3) is 0 Å². The van der Waals surface area contributed by atoms with E-state index in [2.05, 4.69) is 36.5 Å². The van der Waals surface area contributed by atoms with Crippen molar-refractivity contribution in [3.63, 3.8) is 0 Å². The number of aliphatic imine (C=N–C) groups is 1. The Labute approximate surface area is 120 Å². The summed E-state index contributed by atoms with van der Waals surface area (Å²) in [6, 6.07) is 15.4. The second kappa shape index (κ2) is 6.83. The van der Waals surface area contributed by atoms with Gasteiger partial charge in [0, 0.05) is 0 Å². The molecule has 0 unspecified atom stereocenters. The van der Waals surface area contributed by atoms with Gasteiger partial charge in [-0.2, -0.15) is 0 Å². The van der Waals surface area contributed by atoms with Crippen molar-refractivity contribution in [2.75, 3.05) is 0 Å². The molecule has 0 aliphatic carbocycles. The Hall–Kier alpha value is -1.97. The van der Waals surface area contributed by atoms with Crippen LogP contribution in [0.1, 0.15) is 12.6 Å². The van der Waals surface area contributed by atoms with Crippen LogP contribution in [0.2, 0.25) is 0 Å². The van der Waals surface area contributed by atoms with E-state index >= 15 is 0 Å². The van der Waals surface area contributed by atoms with Gasteiger partial charge in [-0.1, -0.05) is 0 Å². The molecule has 1 aromatic heterocycles. The van der Waals surface area contributed by atoms with E-state index in [9.17, 15) is 0 Å². The third kappa shape index (κ3) is 4.32. The first kappa shape index (κ1) is 13.5. The number of hydrogen-bond acceptors (Lipinski definition) is 3.